The number of hydrogen-bond acceptors (Lipinski definition) is 4. The van der Waals surface area contributed by atoms with Crippen molar-refractivity contribution < 1.29 is 0 Å². The summed E-state index contributed by atoms with van der Waals surface area (Å²) in [6.07, 6.45) is 1.39. The summed E-state index contributed by atoms with van der Waals surface area (Å²) >= 11 is 8.10. The summed E-state index contributed by atoms with van der Waals surface area (Å²) in [6.45, 7) is 0.524. The van der Waals surface area contributed by atoms with Gasteiger partial charge in [0.25, 0.3) is 5.56 Å². The van der Waals surface area contributed by atoms with Crippen LogP contribution in [0.25, 0.3) is 0 Å². The average Bonchev–Trinajstić information content (AvgIpc) is 2.37. The van der Waals surface area contributed by atoms with Gasteiger partial charge in [0.05, 0.1) is 6.33 Å². The van der Waals surface area contributed by atoms with Gasteiger partial charge in [0.2, 0.25) is 0 Å². The van der Waals surface area contributed by atoms with Gasteiger partial charge in [-0.2, -0.15) is 0 Å². The number of rotatable bonds is 3. The van der Waals surface area contributed by atoms with Gasteiger partial charge in [-0.1, -0.05) is 11.6 Å². The molecular formula is C12H12ClIN4O. The van der Waals surface area contributed by atoms with Crippen LogP contribution >= 0.6 is 34.2 Å². The van der Waals surface area contributed by atoms with E-state index in [4.69, 9.17) is 17.3 Å². The third-order valence-electron chi connectivity index (χ3n) is 2.62. The smallest absolute Gasteiger partial charge is 0.266 e. The topological polar surface area (TPSA) is 75.0 Å². The first-order chi connectivity index (χ1) is 8.99. The minimum absolute atomic E-state index is 0.156. The van der Waals surface area contributed by atoms with Gasteiger partial charge < -0.3 is 15.6 Å². The molecule has 0 aliphatic carbocycles. The molecule has 0 saturated heterocycles. The van der Waals surface area contributed by atoms with E-state index in [0.717, 1.165) is 5.56 Å². The Hall–Kier alpha value is -1.28. The molecule has 2 rings (SSSR count). The Balaban J connectivity index is 2.30. The second-order valence-corrected chi connectivity index (χ2v) is 5.56. The first-order valence-corrected chi connectivity index (χ1v) is 6.93. The number of H-pyrrole nitrogens is 1. The lowest BCUT2D eigenvalue weighted by molar-refractivity contribution is 0.880. The van der Waals surface area contributed by atoms with Gasteiger partial charge in [0.15, 0.2) is 0 Å². The fraction of sp³-hybridized carbons (Fsp3) is 0.167. The minimum atomic E-state index is -0.156. The van der Waals surface area contributed by atoms with E-state index < -0.39 is 0 Å². The highest BCUT2D eigenvalue weighted by atomic mass is 127. The van der Waals surface area contributed by atoms with Crippen molar-refractivity contribution in [2.45, 2.75) is 6.54 Å². The van der Waals surface area contributed by atoms with E-state index in [1.54, 1.807) is 12.1 Å². The van der Waals surface area contributed by atoms with E-state index in [0.29, 0.717) is 26.6 Å². The molecule has 0 saturated carbocycles. The molecule has 1 heterocycles. The maximum atomic E-state index is 11.5. The van der Waals surface area contributed by atoms with Crippen LogP contribution in [0.5, 0.6) is 0 Å². The van der Waals surface area contributed by atoms with Crippen molar-refractivity contribution >= 4 is 45.7 Å². The minimum Gasteiger partial charge on any atom is -0.399 e. The third kappa shape index (κ3) is 3.19. The SMILES string of the molecule is CN(Cc1cc(N)ccc1Cl)c1nc[nH]c(=O)c1I. The molecule has 2 aromatic rings. The molecule has 1 aromatic carbocycles. The summed E-state index contributed by atoms with van der Waals surface area (Å²) < 4.78 is 0.544. The van der Waals surface area contributed by atoms with Gasteiger partial charge in [-0.05, 0) is 46.4 Å². The van der Waals surface area contributed by atoms with Gasteiger partial charge in [0.1, 0.15) is 9.39 Å². The van der Waals surface area contributed by atoms with Crippen LogP contribution in [0.1, 0.15) is 5.56 Å². The summed E-state index contributed by atoms with van der Waals surface area (Å²) in [5.74, 6) is 0.614. The molecule has 0 unspecified atom stereocenters. The molecule has 0 radical (unpaired) electrons. The molecule has 19 heavy (non-hydrogen) atoms. The van der Waals surface area contributed by atoms with Gasteiger partial charge in [0, 0.05) is 24.3 Å². The average molecular weight is 391 g/mol. The lowest BCUT2D eigenvalue weighted by Gasteiger charge is -2.19. The van der Waals surface area contributed by atoms with Gasteiger partial charge in [-0.3, -0.25) is 4.79 Å². The quantitative estimate of drug-likeness (QED) is 0.623. The Kier molecular flexibility index (Phi) is 4.31. The Morgan fingerprint density at radius 3 is 3.00 bits per heavy atom. The van der Waals surface area contributed by atoms with Crippen molar-refractivity contribution in [1.29, 1.82) is 0 Å². The monoisotopic (exact) mass is 390 g/mol. The third-order valence-corrected chi connectivity index (χ3v) is 3.96. The van der Waals surface area contributed by atoms with Gasteiger partial charge >= 0.3 is 0 Å². The summed E-state index contributed by atoms with van der Waals surface area (Å²) in [4.78, 5) is 20.1. The Bertz CT molecular complexity index is 658. The van der Waals surface area contributed by atoms with E-state index in [1.807, 2.05) is 40.6 Å². The first-order valence-electron chi connectivity index (χ1n) is 5.47. The molecule has 0 aliphatic heterocycles. The summed E-state index contributed by atoms with van der Waals surface area (Å²) in [5.41, 5.74) is 7.14. The fourth-order valence-corrected chi connectivity index (χ4v) is 2.57. The van der Waals surface area contributed by atoms with Crippen LogP contribution in [-0.4, -0.2) is 17.0 Å². The molecule has 0 amide bonds. The summed E-state index contributed by atoms with van der Waals surface area (Å²) in [5, 5.41) is 0.640. The predicted octanol–water partition coefficient (Wildman–Crippen LogP) is 2.25. The largest absolute Gasteiger partial charge is 0.399 e. The van der Waals surface area contributed by atoms with E-state index in [-0.39, 0.29) is 5.56 Å². The predicted molar refractivity (Wildman–Crippen MR) is 85.5 cm³/mol. The summed E-state index contributed by atoms with van der Waals surface area (Å²) in [7, 11) is 1.85. The molecule has 7 heteroatoms. The second kappa shape index (κ2) is 5.79. The highest BCUT2D eigenvalue weighted by Gasteiger charge is 2.12. The lowest BCUT2D eigenvalue weighted by atomic mass is 10.2. The number of nitrogen functional groups attached to an aromatic ring is 1. The molecule has 0 spiro atoms. The van der Waals surface area contributed by atoms with Crippen LogP contribution in [0.4, 0.5) is 11.5 Å². The zero-order valence-corrected chi connectivity index (χ0v) is 13.1. The molecule has 0 bridgehead atoms. The van der Waals surface area contributed by atoms with Crippen molar-refractivity contribution in [3.8, 4) is 0 Å². The van der Waals surface area contributed by atoms with E-state index in [2.05, 4.69) is 9.97 Å². The number of hydrogen-bond donors (Lipinski definition) is 2. The van der Waals surface area contributed by atoms with E-state index in [9.17, 15) is 4.79 Å². The molecule has 0 aliphatic rings. The number of nitrogens with two attached hydrogens (primary N) is 1. The maximum Gasteiger partial charge on any atom is 0.266 e. The Morgan fingerprint density at radius 2 is 2.26 bits per heavy atom. The Labute approximate surface area is 128 Å². The normalized spacial score (nSPS) is 10.5. The van der Waals surface area contributed by atoms with Crippen molar-refractivity contribution in [3.63, 3.8) is 0 Å². The number of aromatic amines is 1. The number of aromatic nitrogens is 2. The van der Waals surface area contributed by atoms with Crippen LogP contribution < -0.4 is 16.2 Å². The number of benzene rings is 1. The molecule has 0 atom stereocenters. The van der Waals surface area contributed by atoms with Crippen LogP contribution in [0.3, 0.4) is 0 Å². The van der Waals surface area contributed by atoms with Crippen molar-refractivity contribution in [3.05, 3.63) is 49.0 Å². The number of nitrogens with one attached hydrogen (secondary N) is 1. The molecule has 100 valence electrons. The molecule has 5 nitrogen and oxygen atoms in total. The molecule has 0 fully saturated rings. The molecular weight excluding hydrogens is 379 g/mol. The van der Waals surface area contributed by atoms with E-state index >= 15 is 0 Å². The van der Waals surface area contributed by atoms with E-state index in [1.165, 1.54) is 6.33 Å². The van der Waals surface area contributed by atoms with Crippen LogP contribution in [0.2, 0.25) is 5.02 Å². The second-order valence-electron chi connectivity index (χ2n) is 4.08. The number of nitrogens with zero attached hydrogens (tertiary/aromatic N) is 2. The highest BCUT2D eigenvalue weighted by molar-refractivity contribution is 14.1. The lowest BCUT2D eigenvalue weighted by Crippen LogP contribution is -2.23. The van der Waals surface area contributed by atoms with Crippen molar-refractivity contribution in [2.75, 3.05) is 17.7 Å². The zero-order valence-electron chi connectivity index (χ0n) is 10.2. The maximum absolute atomic E-state index is 11.5. The highest BCUT2D eigenvalue weighted by Crippen LogP contribution is 2.23. The fourth-order valence-electron chi connectivity index (χ4n) is 1.69. The Morgan fingerprint density at radius 1 is 1.53 bits per heavy atom. The van der Waals surface area contributed by atoms with Crippen molar-refractivity contribution in [1.82, 2.24) is 9.97 Å². The van der Waals surface area contributed by atoms with Crippen LogP contribution in [0.15, 0.2) is 29.3 Å². The van der Waals surface area contributed by atoms with Crippen LogP contribution in [-0.2, 0) is 6.54 Å². The number of anilines is 2. The summed E-state index contributed by atoms with van der Waals surface area (Å²) in [6, 6.07) is 5.33. The molecule has 3 N–H and O–H groups in total. The number of halogens is 2. The van der Waals surface area contributed by atoms with Gasteiger partial charge in [-0.25, -0.2) is 4.98 Å². The standard InChI is InChI=1S/C12H12ClIN4O/c1-18(11-10(14)12(19)17-6-16-11)5-7-4-8(15)2-3-9(7)13/h2-4,6H,5,15H2,1H3,(H,16,17,19). The first kappa shape index (κ1) is 14.1. The zero-order chi connectivity index (χ0) is 14.0. The van der Waals surface area contributed by atoms with Crippen molar-refractivity contribution in [2.24, 2.45) is 0 Å². The molecule has 1 aromatic heterocycles. The van der Waals surface area contributed by atoms with Crippen LogP contribution in [0, 0.1) is 3.57 Å². The van der Waals surface area contributed by atoms with Gasteiger partial charge in [-0.15, -0.1) is 0 Å².